The molecule has 0 fully saturated rings. The lowest BCUT2D eigenvalue weighted by molar-refractivity contribution is 0.461. The molecule has 0 unspecified atom stereocenters. The maximum Gasteiger partial charge on any atom is 0.129 e. The van der Waals surface area contributed by atoms with Crippen LogP contribution in [0, 0.1) is 18.3 Å². The standard InChI is InChI=1S/C9H9NOS/c1-6-7(4-5-10)2-3-8(11)9(6)12/h2-3,11-12H,4H2,1H3. The molecule has 12 heavy (non-hydrogen) atoms. The van der Waals surface area contributed by atoms with Crippen molar-refractivity contribution in [1.82, 2.24) is 0 Å². The summed E-state index contributed by atoms with van der Waals surface area (Å²) in [5, 5.41) is 17.7. The molecular weight excluding hydrogens is 170 g/mol. The molecule has 0 aliphatic rings. The zero-order chi connectivity index (χ0) is 9.14. The maximum atomic E-state index is 9.23. The van der Waals surface area contributed by atoms with E-state index in [-0.39, 0.29) is 5.75 Å². The number of rotatable bonds is 1. The van der Waals surface area contributed by atoms with Gasteiger partial charge in [0, 0.05) is 4.90 Å². The first-order valence-electron chi connectivity index (χ1n) is 3.54. The molecule has 0 atom stereocenters. The summed E-state index contributed by atoms with van der Waals surface area (Å²) in [6.07, 6.45) is 0.361. The largest absolute Gasteiger partial charge is 0.507 e. The van der Waals surface area contributed by atoms with E-state index in [0.29, 0.717) is 11.3 Å². The number of nitriles is 1. The van der Waals surface area contributed by atoms with Crippen molar-refractivity contribution in [3.8, 4) is 11.8 Å². The molecule has 3 heteroatoms. The van der Waals surface area contributed by atoms with Crippen LogP contribution in [0.2, 0.25) is 0 Å². The van der Waals surface area contributed by atoms with Gasteiger partial charge in [0.1, 0.15) is 5.75 Å². The van der Waals surface area contributed by atoms with Gasteiger partial charge in [0.25, 0.3) is 0 Å². The second-order valence-corrected chi connectivity index (χ2v) is 3.00. The van der Waals surface area contributed by atoms with Gasteiger partial charge in [-0.15, -0.1) is 12.6 Å². The smallest absolute Gasteiger partial charge is 0.129 e. The molecule has 0 aromatic heterocycles. The summed E-state index contributed by atoms with van der Waals surface area (Å²) in [5.41, 5.74) is 1.79. The molecule has 1 rings (SSSR count). The van der Waals surface area contributed by atoms with Gasteiger partial charge >= 0.3 is 0 Å². The van der Waals surface area contributed by atoms with E-state index in [9.17, 15) is 5.11 Å². The number of benzene rings is 1. The molecular formula is C9H9NOS. The summed E-state index contributed by atoms with van der Waals surface area (Å²) in [6.45, 7) is 1.84. The summed E-state index contributed by atoms with van der Waals surface area (Å²) >= 11 is 4.11. The lowest BCUT2D eigenvalue weighted by Crippen LogP contribution is -1.88. The van der Waals surface area contributed by atoms with E-state index in [0.717, 1.165) is 11.1 Å². The van der Waals surface area contributed by atoms with E-state index in [1.165, 1.54) is 0 Å². The van der Waals surface area contributed by atoms with Crippen LogP contribution in [0.3, 0.4) is 0 Å². The van der Waals surface area contributed by atoms with Crippen LogP contribution in [0.5, 0.6) is 5.75 Å². The van der Waals surface area contributed by atoms with Gasteiger partial charge in [0.2, 0.25) is 0 Å². The van der Waals surface area contributed by atoms with Crippen molar-refractivity contribution in [2.24, 2.45) is 0 Å². The molecule has 1 aromatic carbocycles. The van der Waals surface area contributed by atoms with E-state index < -0.39 is 0 Å². The van der Waals surface area contributed by atoms with Crippen molar-refractivity contribution in [1.29, 1.82) is 5.26 Å². The molecule has 62 valence electrons. The monoisotopic (exact) mass is 179 g/mol. The zero-order valence-corrected chi connectivity index (χ0v) is 7.60. The molecule has 0 bridgehead atoms. The van der Waals surface area contributed by atoms with E-state index in [2.05, 4.69) is 18.7 Å². The average Bonchev–Trinajstić information content (AvgIpc) is 2.07. The summed E-state index contributed by atoms with van der Waals surface area (Å²) < 4.78 is 0. The molecule has 0 radical (unpaired) electrons. The molecule has 0 amide bonds. The van der Waals surface area contributed by atoms with Crippen molar-refractivity contribution >= 4 is 12.6 Å². The third-order valence-electron chi connectivity index (χ3n) is 1.79. The average molecular weight is 179 g/mol. The first kappa shape index (κ1) is 8.95. The minimum Gasteiger partial charge on any atom is -0.507 e. The van der Waals surface area contributed by atoms with E-state index in [1.54, 1.807) is 12.1 Å². The Morgan fingerprint density at radius 3 is 2.83 bits per heavy atom. The van der Waals surface area contributed by atoms with Gasteiger partial charge in [0.05, 0.1) is 12.5 Å². The van der Waals surface area contributed by atoms with Crippen LogP contribution in [0.4, 0.5) is 0 Å². The Labute approximate surface area is 76.9 Å². The van der Waals surface area contributed by atoms with Gasteiger partial charge in [-0.05, 0) is 24.1 Å². The Hall–Kier alpha value is -1.14. The molecule has 2 nitrogen and oxygen atoms in total. The van der Waals surface area contributed by atoms with E-state index in [4.69, 9.17) is 5.26 Å². The third kappa shape index (κ3) is 1.54. The van der Waals surface area contributed by atoms with Gasteiger partial charge in [-0.3, -0.25) is 0 Å². The number of thiol groups is 1. The third-order valence-corrected chi connectivity index (χ3v) is 2.36. The topological polar surface area (TPSA) is 44.0 Å². The Morgan fingerprint density at radius 1 is 1.58 bits per heavy atom. The highest BCUT2D eigenvalue weighted by atomic mass is 32.1. The Kier molecular flexibility index (Phi) is 2.61. The first-order chi connectivity index (χ1) is 5.66. The zero-order valence-electron chi connectivity index (χ0n) is 6.70. The molecule has 0 saturated carbocycles. The van der Waals surface area contributed by atoms with Crippen molar-refractivity contribution in [2.75, 3.05) is 0 Å². The second-order valence-electron chi connectivity index (χ2n) is 2.55. The fourth-order valence-corrected chi connectivity index (χ4v) is 1.22. The van der Waals surface area contributed by atoms with Crippen molar-refractivity contribution in [2.45, 2.75) is 18.2 Å². The minimum absolute atomic E-state index is 0.164. The van der Waals surface area contributed by atoms with Crippen molar-refractivity contribution in [3.05, 3.63) is 23.3 Å². The van der Waals surface area contributed by atoms with Crippen LogP contribution >= 0.6 is 12.6 Å². The van der Waals surface area contributed by atoms with Gasteiger partial charge in [-0.2, -0.15) is 5.26 Å². The number of hydrogen-bond donors (Lipinski definition) is 2. The number of aromatic hydroxyl groups is 1. The van der Waals surface area contributed by atoms with E-state index >= 15 is 0 Å². The number of phenols is 1. The minimum atomic E-state index is 0.164. The predicted octanol–water partition coefficient (Wildman–Crippen LogP) is 2.06. The lowest BCUT2D eigenvalue weighted by Gasteiger charge is -2.05. The highest BCUT2D eigenvalue weighted by molar-refractivity contribution is 7.80. The molecule has 0 saturated heterocycles. The summed E-state index contributed by atoms with van der Waals surface area (Å²) in [7, 11) is 0. The molecule has 0 aliphatic carbocycles. The molecule has 1 N–H and O–H groups in total. The second kappa shape index (κ2) is 3.51. The number of nitrogens with zero attached hydrogens (tertiary/aromatic N) is 1. The summed E-state index contributed by atoms with van der Waals surface area (Å²) in [5.74, 6) is 0.164. The number of phenolic OH excluding ortho intramolecular Hbond substituents is 1. The first-order valence-corrected chi connectivity index (χ1v) is 3.99. The van der Waals surface area contributed by atoms with Gasteiger partial charge in [0.15, 0.2) is 0 Å². The SMILES string of the molecule is Cc1c(CC#N)ccc(O)c1S. The van der Waals surface area contributed by atoms with Crippen LogP contribution < -0.4 is 0 Å². The van der Waals surface area contributed by atoms with Crippen LogP contribution in [0.15, 0.2) is 17.0 Å². The van der Waals surface area contributed by atoms with Crippen molar-refractivity contribution in [3.63, 3.8) is 0 Å². The fourth-order valence-electron chi connectivity index (χ4n) is 1.00. The van der Waals surface area contributed by atoms with E-state index in [1.807, 2.05) is 6.92 Å². The molecule has 0 spiro atoms. The highest BCUT2D eigenvalue weighted by Gasteiger charge is 2.04. The Bertz CT molecular complexity index is 341. The predicted molar refractivity (Wildman–Crippen MR) is 49.4 cm³/mol. The van der Waals surface area contributed by atoms with Crippen molar-refractivity contribution < 1.29 is 5.11 Å². The Balaban J connectivity index is 3.19. The molecule has 0 heterocycles. The van der Waals surface area contributed by atoms with Crippen LogP contribution in [-0.4, -0.2) is 5.11 Å². The summed E-state index contributed by atoms with van der Waals surface area (Å²) in [6, 6.07) is 5.36. The molecule has 0 aliphatic heterocycles. The molecule has 1 aromatic rings. The maximum absolute atomic E-state index is 9.23. The number of hydrogen-bond acceptors (Lipinski definition) is 3. The quantitative estimate of drug-likeness (QED) is 0.648. The van der Waals surface area contributed by atoms with Crippen LogP contribution in [0.25, 0.3) is 0 Å². The normalized spacial score (nSPS) is 9.42. The Morgan fingerprint density at radius 2 is 2.25 bits per heavy atom. The lowest BCUT2D eigenvalue weighted by atomic mass is 10.1. The van der Waals surface area contributed by atoms with Crippen LogP contribution in [-0.2, 0) is 6.42 Å². The van der Waals surface area contributed by atoms with Gasteiger partial charge in [-0.1, -0.05) is 6.07 Å². The van der Waals surface area contributed by atoms with Gasteiger partial charge < -0.3 is 5.11 Å². The highest BCUT2D eigenvalue weighted by Crippen LogP contribution is 2.27. The van der Waals surface area contributed by atoms with Crippen LogP contribution in [0.1, 0.15) is 11.1 Å². The summed E-state index contributed by atoms with van der Waals surface area (Å²) in [4.78, 5) is 0.558. The van der Waals surface area contributed by atoms with Gasteiger partial charge in [-0.25, -0.2) is 0 Å². The fraction of sp³-hybridized carbons (Fsp3) is 0.222.